The van der Waals surface area contributed by atoms with E-state index in [1.165, 1.54) is 24.3 Å². The number of aromatic nitrogens is 2. The van der Waals surface area contributed by atoms with Crippen molar-refractivity contribution in [2.24, 2.45) is 5.73 Å². The summed E-state index contributed by atoms with van der Waals surface area (Å²) >= 11 is 0. The minimum Gasteiger partial charge on any atom is -0.466 e. The molecule has 1 aliphatic heterocycles. The van der Waals surface area contributed by atoms with Crippen LogP contribution in [0.5, 0.6) is 0 Å². The molecule has 0 saturated heterocycles. The highest BCUT2D eigenvalue weighted by Crippen LogP contribution is 2.40. The molecule has 0 aliphatic carbocycles. The fourth-order valence-corrected chi connectivity index (χ4v) is 3.61. The number of hydrogen-bond donors (Lipinski definition) is 2. The van der Waals surface area contributed by atoms with Crippen LogP contribution in [0.3, 0.4) is 0 Å². The predicted molar refractivity (Wildman–Crippen MR) is 110 cm³/mol. The molecule has 34 heavy (non-hydrogen) atoms. The number of rotatable bonds is 7. The Labute approximate surface area is 191 Å². The lowest BCUT2D eigenvalue weighted by molar-refractivity contribution is -0.803. The molecular formula is C20H19N5O9. The largest absolute Gasteiger partial charge is 0.466 e. The first-order valence-electron chi connectivity index (χ1n) is 9.63. The van der Waals surface area contributed by atoms with E-state index >= 15 is 0 Å². The average molecular weight is 473 g/mol. The first-order chi connectivity index (χ1) is 16.1. The number of nitrogens with two attached hydrogens (primary N) is 1. The van der Waals surface area contributed by atoms with Gasteiger partial charge in [0.05, 0.1) is 29.1 Å². The Morgan fingerprint density at radius 2 is 1.88 bits per heavy atom. The van der Waals surface area contributed by atoms with Crippen LogP contribution in [0.2, 0.25) is 0 Å². The van der Waals surface area contributed by atoms with Crippen molar-refractivity contribution in [2.75, 3.05) is 7.11 Å². The third-order valence-corrected chi connectivity index (χ3v) is 5.05. The highest BCUT2D eigenvalue weighted by molar-refractivity contribution is 6.00. The maximum absolute atomic E-state index is 13.1. The number of methoxy groups -OCH3 is 1. The van der Waals surface area contributed by atoms with Crippen LogP contribution in [0, 0.1) is 15.3 Å². The topological polar surface area (TPSA) is 204 Å². The highest BCUT2D eigenvalue weighted by atomic mass is 16.8. The Bertz CT molecular complexity index is 1260. The summed E-state index contributed by atoms with van der Waals surface area (Å²) in [7, 11) is 1.16. The molecular weight excluding hydrogens is 454 g/mol. The molecule has 1 amide bonds. The van der Waals surface area contributed by atoms with Gasteiger partial charge in [-0.3, -0.25) is 19.5 Å². The molecule has 0 radical (unpaired) electrons. The van der Waals surface area contributed by atoms with Crippen LogP contribution < -0.4 is 16.0 Å². The SMILES string of the molecule is COC(=O)C1=C(C)NC(C)=C(C(=O)OCc2no[n+]([O-])c2C(N)=O)C1c1cccc([N+](=O)[O-])c1. The molecule has 2 aromatic rings. The zero-order valence-corrected chi connectivity index (χ0v) is 18.2. The molecule has 1 unspecified atom stereocenters. The number of esters is 2. The molecule has 178 valence electrons. The fourth-order valence-electron chi connectivity index (χ4n) is 3.61. The summed E-state index contributed by atoms with van der Waals surface area (Å²) in [6.45, 7) is 2.49. The lowest BCUT2D eigenvalue weighted by Crippen LogP contribution is -2.35. The van der Waals surface area contributed by atoms with Crippen LogP contribution in [-0.4, -0.2) is 35.0 Å². The summed E-state index contributed by atoms with van der Waals surface area (Å²) in [5.74, 6) is -3.94. The number of nitro groups is 1. The number of carbonyl (C=O) groups excluding carboxylic acids is 3. The van der Waals surface area contributed by atoms with Gasteiger partial charge in [-0.05, 0) is 24.3 Å². The smallest absolute Gasteiger partial charge is 0.337 e. The number of allylic oxidation sites excluding steroid dienone is 2. The molecule has 2 heterocycles. The van der Waals surface area contributed by atoms with Gasteiger partial charge in [-0.15, -0.1) is 0 Å². The molecule has 0 saturated carbocycles. The number of amides is 1. The summed E-state index contributed by atoms with van der Waals surface area (Å²) in [6, 6.07) is 5.43. The standard InChI is InChI=1S/C20H19N5O9/c1-9-14(19(27)32-3)16(11-5-4-6-12(7-11)24(29)30)15(10(2)22-9)20(28)33-8-13-17(18(21)26)25(31)34-23-13/h4-7,16,22H,8H2,1-3H3,(H2,21,26). The third-order valence-electron chi connectivity index (χ3n) is 5.05. The summed E-state index contributed by atoms with van der Waals surface area (Å²) in [5.41, 5.74) is 4.84. The van der Waals surface area contributed by atoms with Crippen LogP contribution in [-0.2, 0) is 25.7 Å². The van der Waals surface area contributed by atoms with E-state index in [4.69, 9.17) is 15.2 Å². The van der Waals surface area contributed by atoms with Crippen molar-refractivity contribution in [1.29, 1.82) is 0 Å². The van der Waals surface area contributed by atoms with Crippen molar-refractivity contribution in [3.8, 4) is 0 Å². The number of benzene rings is 1. The van der Waals surface area contributed by atoms with Crippen molar-refractivity contribution in [3.05, 3.63) is 79.1 Å². The molecule has 0 bridgehead atoms. The first kappa shape index (κ1) is 23.9. The van der Waals surface area contributed by atoms with Crippen molar-refractivity contribution < 1.29 is 38.3 Å². The number of carbonyl (C=O) groups is 3. The Balaban J connectivity index is 2.04. The molecule has 0 fully saturated rings. The monoisotopic (exact) mass is 473 g/mol. The Morgan fingerprint density at radius 1 is 1.24 bits per heavy atom. The zero-order valence-electron chi connectivity index (χ0n) is 18.2. The van der Waals surface area contributed by atoms with Crippen LogP contribution in [0.4, 0.5) is 5.69 Å². The average Bonchev–Trinajstić information content (AvgIpc) is 3.17. The van der Waals surface area contributed by atoms with Crippen molar-refractivity contribution in [3.63, 3.8) is 0 Å². The molecule has 1 aliphatic rings. The van der Waals surface area contributed by atoms with E-state index in [1.54, 1.807) is 13.8 Å². The van der Waals surface area contributed by atoms with Crippen LogP contribution >= 0.6 is 0 Å². The highest BCUT2D eigenvalue weighted by Gasteiger charge is 2.39. The van der Waals surface area contributed by atoms with E-state index in [-0.39, 0.29) is 33.0 Å². The molecule has 3 rings (SSSR count). The molecule has 1 aromatic heterocycles. The van der Waals surface area contributed by atoms with Crippen molar-refractivity contribution in [2.45, 2.75) is 26.4 Å². The van der Waals surface area contributed by atoms with Gasteiger partial charge in [0.15, 0.2) is 6.61 Å². The Morgan fingerprint density at radius 3 is 2.47 bits per heavy atom. The fraction of sp³-hybridized carbons (Fsp3) is 0.250. The maximum atomic E-state index is 13.1. The van der Waals surface area contributed by atoms with Gasteiger partial charge < -0.3 is 25.7 Å². The predicted octanol–water partition coefficient (Wildman–Crippen LogP) is 0.466. The van der Waals surface area contributed by atoms with E-state index in [2.05, 4.69) is 15.1 Å². The third kappa shape index (κ3) is 4.41. The van der Waals surface area contributed by atoms with Gasteiger partial charge in [0.1, 0.15) is 0 Å². The van der Waals surface area contributed by atoms with Crippen molar-refractivity contribution in [1.82, 2.24) is 10.5 Å². The lowest BCUT2D eigenvalue weighted by atomic mass is 9.80. The molecule has 14 nitrogen and oxygen atoms in total. The molecule has 0 spiro atoms. The quantitative estimate of drug-likeness (QED) is 0.245. The van der Waals surface area contributed by atoms with Crippen molar-refractivity contribution >= 4 is 23.5 Å². The van der Waals surface area contributed by atoms with E-state index < -0.39 is 41.0 Å². The second-order valence-corrected chi connectivity index (χ2v) is 7.14. The second kappa shape index (κ2) is 9.40. The number of nitrogens with one attached hydrogen (secondary N) is 1. The molecule has 1 atom stereocenters. The Hall–Kier alpha value is -4.75. The van der Waals surface area contributed by atoms with Gasteiger partial charge in [-0.25, -0.2) is 9.59 Å². The van der Waals surface area contributed by atoms with Crippen LogP contribution in [0.25, 0.3) is 0 Å². The molecule has 14 heteroatoms. The van der Waals surface area contributed by atoms with E-state index in [0.29, 0.717) is 11.4 Å². The van der Waals surface area contributed by atoms with Gasteiger partial charge in [-0.2, -0.15) is 0 Å². The number of primary amides is 1. The summed E-state index contributed by atoms with van der Waals surface area (Å²) in [4.78, 5) is 47.7. The van der Waals surface area contributed by atoms with Gasteiger partial charge >= 0.3 is 11.9 Å². The second-order valence-electron chi connectivity index (χ2n) is 7.14. The van der Waals surface area contributed by atoms with E-state index in [1.807, 2.05) is 0 Å². The van der Waals surface area contributed by atoms with Gasteiger partial charge in [0, 0.05) is 28.7 Å². The number of nitrogens with zero attached hydrogens (tertiary/aromatic N) is 3. The summed E-state index contributed by atoms with van der Waals surface area (Å²) < 4.78 is 14.4. The van der Waals surface area contributed by atoms with Gasteiger partial charge in [0.25, 0.3) is 23.0 Å². The number of hydrogen-bond acceptors (Lipinski definition) is 11. The van der Waals surface area contributed by atoms with Gasteiger partial charge in [0.2, 0.25) is 0 Å². The Kier molecular flexibility index (Phi) is 6.61. The minimum absolute atomic E-state index is 0.0391. The molecule has 3 N–H and O–H groups in total. The number of non-ortho nitro benzene ring substituents is 1. The summed E-state index contributed by atoms with van der Waals surface area (Å²) in [5, 5.41) is 29.1. The van der Waals surface area contributed by atoms with Crippen LogP contribution in [0.15, 0.2) is 51.4 Å². The lowest BCUT2D eigenvalue weighted by Gasteiger charge is -2.30. The normalized spacial score (nSPS) is 15.6. The van der Waals surface area contributed by atoms with E-state index in [9.17, 15) is 29.7 Å². The van der Waals surface area contributed by atoms with Crippen LogP contribution in [0.1, 0.15) is 41.5 Å². The number of nitro benzene ring substituents is 1. The molecule has 1 aromatic carbocycles. The number of dihydropyridines is 1. The summed E-state index contributed by atoms with van der Waals surface area (Å²) in [6.07, 6.45) is 0. The van der Waals surface area contributed by atoms with E-state index in [0.717, 1.165) is 7.11 Å². The zero-order chi connectivity index (χ0) is 25.2. The maximum Gasteiger partial charge on any atom is 0.337 e. The first-order valence-corrected chi connectivity index (χ1v) is 9.63. The minimum atomic E-state index is -1.14. The van der Waals surface area contributed by atoms with Gasteiger partial charge in [-0.1, -0.05) is 12.1 Å². The number of ether oxygens (including phenoxy) is 2.